The molecule has 0 spiro atoms. The first-order valence-electron chi connectivity index (χ1n) is 11.1. The Hall–Kier alpha value is -3.28. The van der Waals surface area contributed by atoms with E-state index < -0.39 is 10.0 Å². The monoisotopic (exact) mass is 482 g/mol. The number of nitrogens with one attached hydrogen (secondary N) is 1. The second kappa shape index (κ2) is 8.49. The number of sulfonamides is 1. The Kier molecular flexibility index (Phi) is 5.62. The summed E-state index contributed by atoms with van der Waals surface area (Å²) < 4.78 is 36.2. The minimum atomic E-state index is -3.74. The lowest BCUT2D eigenvalue weighted by molar-refractivity contribution is 0.120. The lowest BCUT2D eigenvalue weighted by Crippen LogP contribution is -2.38. The van der Waals surface area contributed by atoms with Gasteiger partial charge in [0.25, 0.3) is 0 Å². The standard InChI is InChI=1S/C23H26N6O4S/c1-13-3-8-17(34(31,32)28-15-4-6-16(30)7-5-15)10-18(13)20-11-25-23-22(24)26-19(12-29(20)23)21-9-14(2)27-33-21/h3,8-12,15-16,28,30H,4-7H2,1-2H3,(H2,24,26). The predicted molar refractivity (Wildman–Crippen MR) is 126 cm³/mol. The van der Waals surface area contributed by atoms with Crippen molar-refractivity contribution in [2.24, 2.45) is 0 Å². The maximum atomic E-state index is 13.1. The van der Waals surface area contributed by atoms with E-state index in [4.69, 9.17) is 10.3 Å². The molecule has 0 bridgehead atoms. The molecule has 0 aliphatic heterocycles. The van der Waals surface area contributed by atoms with E-state index in [0.29, 0.717) is 54.0 Å². The van der Waals surface area contributed by atoms with Crippen molar-refractivity contribution in [3.8, 4) is 22.7 Å². The van der Waals surface area contributed by atoms with Crippen LogP contribution in [0, 0.1) is 13.8 Å². The number of imidazole rings is 1. The molecule has 0 atom stereocenters. The first-order valence-corrected chi connectivity index (χ1v) is 12.6. The molecule has 178 valence electrons. The van der Waals surface area contributed by atoms with Crippen LogP contribution in [-0.2, 0) is 10.0 Å². The van der Waals surface area contributed by atoms with Crippen molar-refractivity contribution < 1.29 is 18.0 Å². The third-order valence-electron chi connectivity index (χ3n) is 6.21. The number of aliphatic hydroxyl groups is 1. The van der Waals surface area contributed by atoms with Crippen LogP contribution in [0.15, 0.2) is 46.1 Å². The first kappa shape index (κ1) is 22.5. The molecule has 11 heteroatoms. The van der Waals surface area contributed by atoms with Gasteiger partial charge in [-0.05, 0) is 57.2 Å². The number of aromatic nitrogens is 4. The highest BCUT2D eigenvalue weighted by atomic mass is 32.2. The van der Waals surface area contributed by atoms with Crippen LogP contribution in [0.1, 0.15) is 36.9 Å². The van der Waals surface area contributed by atoms with Crippen LogP contribution in [0.25, 0.3) is 28.4 Å². The van der Waals surface area contributed by atoms with Gasteiger partial charge in [0, 0.05) is 23.9 Å². The third-order valence-corrected chi connectivity index (χ3v) is 7.73. The Bertz CT molecular complexity index is 1470. The Morgan fingerprint density at radius 1 is 1.18 bits per heavy atom. The second-order valence-corrected chi connectivity index (χ2v) is 10.5. The fourth-order valence-electron chi connectivity index (χ4n) is 4.34. The number of aliphatic hydroxyl groups excluding tert-OH is 1. The van der Waals surface area contributed by atoms with E-state index in [1.54, 1.807) is 41.1 Å². The number of nitrogen functional groups attached to an aromatic ring is 1. The molecule has 0 unspecified atom stereocenters. The van der Waals surface area contributed by atoms with Crippen LogP contribution in [0.3, 0.4) is 0 Å². The van der Waals surface area contributed by atoms with E-state index in [9.17, 15) is 13.5 Å². The average Bonchev–Trinajstić information content (AvgIpc) is 3.42. The smallest absolute Gasteiger partial charge is 0.240 e. The van der Waals surface area contributed by atoms with E-state index in [2.05, 4.69) is 19.8 Å². The highest BCUT2D eigenvalue weighted by Crippen LogP contribution is 2.30. The molecular formula is C23H26N6O4S. The van der Waals surface area contributed by atoms with Crippen LogP contribution in [0.4, 0.5) is 5.82 Å². The fraction of sp³-hybridized carbons (Fsp3) is 0.348. The zero-order valence-electron chi connectivity index (χ0n) is 18.9. The summed E-state index contributed by atoms with van der Waals surface area (Å²) in [4.78, 5) is 8.96. The van der Waals surface area contributed by atoms with E-state index in [1.807, 2.05) is 13.8 Å². The van der Waals surface area contributed by atoms with Crippen LogP contribution in [-0.4, -0.2) is 45.2 Å². The zero-order chi connectivity index (χ0) is 24.0. The maximum Gasteiger partial charge on any atom is 0.240 e. The molecule has 1 fully saturated rings. The quantitative estimate of drug-likeness (QED) is 0.393. The molecule has 5 rings (SSSR count). The molecule has 3 aromatic heterocycles. The Labute approximate surface area is 196 Å². The number of nitrogens with zero attached hydrogens (tertiary/aromatic N) is 4. The van der Waals surface area contributed by atoms with Gasteiger partial charge >= 0.3 is 0 Å². The topological polar surface area (TPSA) is 149 Å². The van der Waals surface area contributed by atoms with Gasteiger partial charge in [0.15, 0.2) is 17.2 Å². The van der Waals surface area contributed by atoms with Gasteiger partial charge in [0.05, 0.1) is 28.6 Å². The van der Waals surface area contributed by atoms with Gasteiger partial charge in [-0.3, -0.25) is 4.40 Å². The van der Waals surface area contributed by atoms with Crippen molar-refractivity contribution >= 4 is 21.5 Å². The van der Waals surface area contributed by atoms with E-state index in [1.165, 1.54) is 0 Å². The second-order valence-electron chi connectivity index (χ2n) is 8.78. The zero-order valence-corrected chi connectivity index (χ0v) is 19.7. The van der Waals surface area contributed by atoms with Crippen LogP contribution in [0.2, 0.25) is 0 Å². The summed E-state index contributed by atoms with van der Waals surface area (Å²) in [6.45, 7) is 3.72. The minimum Gasteiger partial charge on any atom is -0.393 e. The van der Waals surface area contributed by atoms with Gasteiger partial charge in [-0.15, -0.1) is 0 Å². The molecule has 0 amide bonds. The highest BCUT2D eigenvalue weighted by Gasteiger charge is 2.26. The van der Waals surface area contributed by atoms with Crippen molar-refractivity contribution in [1.82, 2.24) is 24.2 Å². The number of rotatable bonds is 5. The predicted octanol–water partition coefficient (Wildman–Crippen LogP) is 2.83. The molecule has 4 aromatic rings. The van der Waals surface area contributed by atoms with Gasteiger partial charge in [0.2, 0.25) is 10.0 Å². The summed E-state index contributed by atoms with van der Waals surface area (Å²) in [5.74, 6) is 0.695. The highest BCUT2D eigenvalue weighted by molar-refractivity contribution is 7.89. The largest absolute Gasteiger partial charge is 0.393 e. The minimum absolute atomic E-state index is 0.169. The summed E-state index contributed by atoms with van der Waals surface area (Å²) >= 11 is 0. The van der Waals surface area contributed by atoms with Crippen molar-refractivity contribution in [3.63, 3.8) is 0 Å². The molecule has 10 nitrogen and oxygen atoms in total. The lowest BCUT2D eigenvalue weighted by atomic mass is 9.94. The van der Waals surface area contributed by atoms with Crippen LogP contribution >= 0.6 is 0 Å². The van der Waals surface area contributed by atoms with Crippen molar-refractivity contribution in [2.75, 3.05) is 5.73 Å². The van der Waals surface area contributed by atoms with Gasteiger partial charge < -0.3 is 15.4 Å². The summed E-state index contributed by atoms with van der Waals surface area (Å²) in [5.41, 5.74) is 10.1. The van der Waals surface area contributed by atoms with Crippen molar-refractivity contribution in [3.05, 3.63) is 47.9 Å². The summed E-state index contributed by atoms with van der Waals surface area (Å²) in [7, 11) is -3.74. The normalized spacial score (nSPS) is 19.0. The third kappa shape index (κ3) is 4.17. The van der Waals surface area contributed by atoms with E-state index >= 15 is 0 Å². The number of nitrogens with two attached hydrogens (primary N) is 1. The first-order chi connectivity index (χ1) is 16.2. The van der Waals surface area contributed by atoms with Gasteiger partial charge in [-0.25, -0.2) is 23.1 Å². The maximum absolute atomic E-state index is 13.1. The molecule has 0 saturated heterocycles. The summed E-state index contributed by atoms with van der Waals surface area (Å²) in [5, 5.41) is 13.6. The summed E-state index contributed by atoms with van der Waals surface area (Å²) in [6.07, 6.45) is 5.46. The molecule has 34 heavy (non-hydrogen) atoms. The molecule has 0 radical (unpaired) electrons. The van der Waals surface area contributed by atoms with Gasteiger partial charge in [0.1, 0.15) is 5.69 Å². The molecule has 1 saturated carbocycles. The number of benzene rings is 1. The number of aryl methyl sites for hydroxylation is 2. The SMILES string of the molecule is Cc1cc(-c2cn3c(-c4cc(S(=O)(=O)NC5CCC(O)CC5)ccc4C)cnc3c(N)n2)on1. The van der Waals surface area contributed by atoms with Crippen LogP contribution < -0.4 is 10.5 Å². The van der Waals surface area contributed by atoms with Gasteiger partial charge in [-0.2, -0.15) is 0 Å². The molecular weight excluding hydrogens is 456 g/mol. The Morgan fingerprint density at radius 2 is 1.94 bits per heavy atom. The molecule has 1 aromatic carbocycles. The lowest BCUT2D eigenvalue weighted by Gasteiger charge is -2.26. The van der Waals surface area contributed by atoms with E-state index in [-0.39, 0.29) is 22.9 Å². The molecule has 1 aliphatic rings. The van der Waals surface area contributed by atoms with Crippen LogP contribution in [0.5, 0.6) is 0 Å². The van der Waals surface area contributed by atoms with Crippen molar-refractivity contribution in [1.29, 1.82) is 0 Å². The molecule has 3 heterocycles. The fourth-order valence-corrected chi connectivity index (χ4v) is 5.67. The number of hydrogen-bond donors (Lipinski definition) is 3. The Morgan fingerprint density at radius 3 is 2.65 bits per heavy atom. The summed E-state index contributed by atoms with van der Waals surface area (Å²) in [6, 6.07) is 6.60. The average molecular weight is 483 g/mol. The number of anilines is 1. The van der Waals surface area contributed by atoms with Crippen molar-refractivity contribution in [2.45, 2.75) is 56.6 Å². The van der Waals surface area contributed by atoms with Gasteiger partial charge in [-0.1, -0.05) is 11.2 Å². The number of hydrogen-bond acceptors (Lipinski definition) is 8. The Balaban J connectivity index is 1.54. The number of fused-ring (bicyclic) bond motifs is 1. The molecule has 1 aliphatic carbocycles. The van der Waals surface area contributed by atoms with E-state index in [0.717, 1.165) is 11.3 Å². The molecule has 4 N–H and O–H groups in total.